The van der Waals surface area contributed by atoms with E-state index in [0.29, 0.717) is 18.6 Å². The lowest BCUT2D eigenvalue weighted by molar-refractivity contribution is -0.675. The van der Waals surface area contributed by atoms with Gasteiger partial charge in [-0.3, -0.25) is 4.79 Å². The van der Waals surface area contributed by atoms with Crippen molar-refractivity contribution in [3.05, 3.63) is 23.8 Å². The van der Waals surface area contributed by atoms with Crippen molar-refractivity contribution >= 4 is 5.97 Å². The van der Waals surface area contributed by atoms with Gasteiger partial charge in [0.05, 0.1) is 18.8 Å². The second-order valence-corrected chi connectivity index (χ2v) is 10.0. The number of nitrogens with two attached hydrogens (primary N) is 1. The summed E-state index contributed by atoms with van der Waals surface area (Å²) in [6.45, 7) is 5.23. The third kappa shape index (κ3) is 2.87. The van der Waals surface area contributed by atoms with Crippen molar-refractivity contribution in [2.24, 2.45) is 23.2 Å². The predicted octanol–water partition coefficient (Wildman–Crippen LogP) is 2.01. The van der Waals surface area contributed by atoms with Gasteiger partial charge in [0.1, 0.15) is 18.6 Å². The van der Waals surface area contributed by atoms with Crippen molar-refractivity contribution in [2.45, 2.75) is 57.3 Å². The molecule has 0 amide bonds. The Bertz CT molecular complexity index is 837. The highest BCUT2D eigenvalue weighted by Crippen LogP contribution is 2.62. The van der Waals surface area contributed by atoms with Gasteiger partial charge < -0.3 is 24.3 Å². The Kier molecular flexibility index (Phi) is 3.95. The highest BCUT2D eigenvalue weighted by molar-refractivity contribution is 5.75. The quantitative estimate of drug-likeness (QED) is 0.618. The van der Waals surface area contributed by atoms with Crippen LogP contribution in [-0.4, -0.2) is 37.6 Å². The first kappa shape index (κ1) is 18.0. The normalized spacial score (nSPS) is 41.8. The van der Waals surface area contributed by atoms with Crippen LogP contribution < -0.4 is 14.8 Å². The summed E-state index contributed by atoms with van der Waals surface area (Å²) in [5, 5.41) is 2.24. The van der Waals surface area contributed by atoms with Gasteiger partial charge in [0.15, 0.2) is 11.5 Å². The average molecular weight is 400 g/mol. The lowest BCUT2D eigenvalue weighted by Gasteiger charge is -2.51. The lowest BCUT2D eigenvalue weighted by atomic mass is 9.53. The third-order valence-corrected chi connectivity index (χ3v) is 8.32. The van der Waals surface area contributed by atoms with Crippen molar-refractivity contribution in [3.8, 4) is 11.5 Å². The lowest BCUT2D eigenvalue weighted by Crippen LogP contribution is -2.84. The zero-order valence-electron chi connectivity index (χ0n) is 17.0. The largest absolute Gasteiger partial charge is 0.462 e. The van der Waals surface area contributed by atoms with Gasteiger partial charge in [-0.2, -0.15) is 0 Å². The molecular weight excluding hydrogens is 370 g/mol. The van der Waals surface area contributed by atoms with E-state index in [-0.39, 0.29) is 29.0 Å². The molecule has 1 aromatic carbocycles. The van der Waals surface area contributed by atoms with Crippen LogP contribution in [0.5, 0.6) is 11.5 Å². The first-order valence-electron chi connectivity index (χ1n) is 11.1. The monoisotopic (exact) mass is 400 g/mol. The maximum absolute atomic E-state index is 12.7. The van der Waals surface area contributed by atoms with Crippen LogP contribution in [0.1, 0.15) is 44.6 Å². The molecule has 3 aliphatic heterocycles. The van der Waals surface area contributed by atoms with Gasteiger partial charge >= 0.3 is 5.97 Å². The summed E-state index contributed by atoms with van der Waals surface area (Å²) in [6.07, 6.45) is 5.87. The molecule has 156 valence electrons. The molecule has 6 nitrogen and oxygen atoms in total. The van der Waals surface area contributed by atoms with E-state index in [2.05, 4.69) is 18.3 Å². The number of fused-ring (bicyclic) bond motifs is 4. The summed E-state index contributed by atoms with van der Waals surface area (Å²) >= 11 is 0. The third-order valence-electron chi connectivity index (χ3n) is 8.32. The van der Waals surface area contributed by atoms with E-state index < -0.39 is 0 Å². The molecule has 2 saturated carbocycles. The maximum atomic E-state index is 12.7. The second-order valence-electron chi connectivity index (χ2n) is 10.0. The number of carbonyl (C=O) groups is 1. The molecule has 6 rings (SSSR count). The van der Waals surface area contributed by atoms with Gasteiger partial charge in [0.25, 0.3) is 0 Å². The summed E-state index contributed by atoms with van der Waals surface area (Å²) in [5.41, 5.74) is 1.57. The van der Waals surface area contributed by atoms with Gasteiger partial charge in [-0.15, -0.1) is 0 Å². The number of hydrogen-bond donors (Lipinski definition) is 1. The molecule has 2 saturated heterocycles. The minimum atomic E-state index is -0.00344. The summed E-state index contributed by atoms with van der Waals surface area (Å²) in [4.78, 5) is 12.7. The first-order chi connectivity index (χ1) is 14.1. The van der Waals surface area contributed by atoms with Crippen LogP contribution in [0.4, 0.5) is 0 Å². The molecule has 4 fully saturated rings. The second kappa shape index (κ2) is 6.35. The number of benzene rings is 1. The molecule has 2 N–H and O–H groups in total. The molecule has 6 heteroatoms. The molecule has 5 aliphatic rings. The van der Waals surface area contributed by atoms with E-state index in [4.69, 9.17) is 18.9 Å². The Balaban J connectivity index is 1.13. The standard InChI is InChI=1S/C23H29NO5/c1-22-5-2-6-23(12-28-23)20(22)8-15-16(21(25)29-19(15)9-22)11-24-10-14-3-4-17-18(7-14)27-13-26-17/h3-4,7,15-16,19-20,24H,2,5-6,8-13H2,1H3/p+1/t15-,16-,19-,20+,22-,23+/m1/s1. The van der Waals surface area contributed by atoms with Gasteiger partial charge in [-0.25, -0.2) is 0 Å². The first-order valence-corrected chi connectivity index (χ1v) is 11.1. The number of carbonyl (C=O) groups excluding carboxylic acids is 1. The Morgan fingerprint density at radius 1 is 1.21 bits per heavy atom. The Morgan fingerprint density at radius 2 is 2.07 bits per heavy atom. The van der Waals surface area contributed by atoms with Crippen molar-refractivity contribution in [2.75, 3.05) is 19.9 Å². The zero-order chi connectivity index (χ0) is 19.6. The highest BCUT2D eigenvalue weighted by atomic mass is 16.7. The highest BCUT2D eigenvalue weighted by Gasteiger charge is 2.65. The number of rotatable bonds is 4. The van der Waals surface area contributed by atoms with Crippen LogP contribution in [0, 0.1) is 23.2 Å². The number of quaternary nitrogens is 1. The van der Waals surface area contributed by atoms with Crippen molar-refractivity contribution < 1.29 is 29.1 Å². The summed E-state index contributed by atoms with van der Waals surface area (Å²) in [7, 11) is 0. The molecule has 0 unspecified atom stereocenters. The van der Waals surface area contributed by atoms with Crippen molar-refractivity contribution in [3.63, 3.8) is 0 Å². The minimum Gasteiger partial charge on any atom is -0.462 e. The molecule has 1 spiro atoms. The predicted molar refractivity (Wildman–Crippen MR) is 103 cm³/mol. The zero-order valence-corrected chi connectivity index (χ0v) is 17.0. The van der Waals surface area contributed by atoms with Crippen LogP contribution in [-0.2, 0) is 20.8 Å². The Morgan fingerprint density at radius 3 is 2.93 bits per heavy atom. The number of epoxide rings is 1. The smallest absolute Gasteiger partial charge is 0.315 e. The van der Waals surface area contributed by atoms with Crippen molar-refractivity contribution in [1.82, 2.24) is 0 Å². The fraction of sp³-hybridized carbons (Fsp3) is 0.696. The topological polar surface area (TPSA) is 73.9 Å². The minimum absolute atomic E-state index is 0.00344. The average Bonchev–Trinajstić information content (AvgIpc) is 3.18. The van der Waals surface area contributed by atoms with Crippen LogP contribution in [0.15, 0.2) is 18.2 Å². The van der Waals surface area contributed by atoms with Crippen LogP contribution in [0.25, 0.3) is 0 Å². The maximum Gasteiger partial charge on any atom is 0.315 e. The van der Waals surface area contributed by atoms with E-state index >= 15 is 0 Å². The summed E-state index contributed by atoms with van der Waals surface area (Å²) < 4.78 is 22.8. The molecule has 2 aliphatic carbocycles. The number of esters is 1. The fourth-order valence-corrected chi connectivity index (χ4v) is 6.72. The molecule has 1 aromatic rings. The van der Waals surface area contributed by atoms with Crippen LogP contribution >= 0.6 is 0 Å². The molecule has 6 atom stereocenters. The SMILES string of the molecule is C[C@]12CCC[C@]3(CO3)[C@H]1C[C@H]1[C@@H](C2)OC(=O)[C@@H]1C[NH2+]Cc1ccc2c(c1)OCO2. The molecule has 3 heterocycles. The summed E-state index contributed by atoms with van der Waals surface area (Å²) in [5.74, 6) is 2.55. The van der Waals surface area contributed by atoms with Gasteiger partial charge in [-0.1, -0.05) is 6.92 Å². The van der Waals surface area contributed by atoms with Crippen LogP contribution in [0.2, 0.25) is 0 Å². The molecule has 0 aromatic heterocycles. The van der Waals surface area contributed by atoms with Crippen LogP contribution in [0.3, 0.4) is 0 Å². The van der Waals surface area contributed by atoms with Crippen molar-refractivity contribution in [1.29, 1.82) is 0 Å². The van der Waals surface area contributed by atoms with Gasteiger partial charge in [0.2, 0.25) is 6.79 Å². The Labute approximate surface area is 171 Å². The van der Waals surface area contributed by atoms with E-state index in [1.807, 2.05) is 12.1 Å². The summed E-state index contributed by atoms with van der Waals surface area (Å²) in [6, 6.07) is 6.07. The molecule has 0 bridgehead atoms. The molecule has 29 heavy (non-hydrogen) atoms. The number of hydrogen-bond acceptors (Lipinski definition) is 5. The van der Waals surface area contributed by atoms with Gasteiger partial charge in [0, 0.05) is 11.5 Å². The molecule has 0 radical (unpaired) electrons. The Hall–Kier alpha value is -1.79. The van der Waals surface area contributed by atoms with Gasteiger partial charge in [-0.05, 0) is 61.6 Å². The number of ether oxygens (including phenoxy) is 4. The fourth-order valence-electron chi connectivity index (χ4n) is 6.72. The van der Waals surface area contributed by atoms with E-state index in [1.165, 1.54) is 24.8 Å². The molecular formula is C23H30NO5+. The van der Waals surface area contributed by atoms with E-state index in [0.717, 1.165) is 44.0 Å². The van der Waals surface area contributed by atoms with E-state index in [1.54, 1.807) is 0 Å². The van der Waals surface area contributed by atoms with E-state index in [9.17, 15) is 4.79 Å².